The molecular formula is C19H16F2N2O5. The Labute approximate surface area is 157 Å². The van der Waals surface area contributed by atoms with Gasteiger partial charge in [0.1, 0.15) is 0 Å². The largest absolute Gasteiger partial charge is 0.483 e. The van der Waals surface area contributed by atoms with Gasteiger partial charge in [0, 0.05) is 12.6 Å². The molecule has 0 bridgehead atoms. The van der Waals surface area contributed by atoms with Crippen molar-refractivity contribution in [2.45, 2.75) is 25.7 Å². The van der Waals surface area contributed by atoms with Gasteiger partial charge in [0.15, 0.2) is 11.3 Å². The minimum Gasteiger partial charge on any atom is -0.423 e. The molecule has 3 aromatic rings. The summed E-state index contributed by atoms with van der Waals surface area (Å²) in [5.74, 6) is -2.31. The van der Waals surface area contributed by atoms with Gasteiger partial charge in [0.05, 0.1) is 23.9 Å². The number of halogens is 2. The Morgan fingerprint density at radius 2 is 1.96 bits per heavy atom. The summed E-state index contributed by atoms with van der Waals surface area (Å²) >= 11 is 0. The summed E-state index contributed by atoms with van der Waals surface area (Å²) in [5.41, 5.74) is 1.60. The molecule has 28 heavy (non-hydrogen) atoms. The van der Waals surface area contributed by atoms with Gasteiger partial charge in [-0.05, 0) is 30.7 Å². The van der Waals surface area contributed by atoms with Crippen LogP contribution in [0.5, 0.6) is 5.75 Å². The number of aliphatic hydroxyl groups excluding tert-OH is 1. The van der Waals surface area contributed by atoms with Crippen LogP contribution >= 0.6 is 0 Å². The average Bonchev–Trinajstić information content (AvgIpc) is 2.91. The number of fused-ring (bicyclic) bond motifs is 2. The van der Waals surface area contributed by atoms with Gasteiger partial charge in [0.2, 0.25) is 0 Å². The average molecular weight is 390 g/mol. The highest BCUT2D eigenvalue weighted by molar-refractivity contribution is 6.01. The van der Waals surface area contributed by atoms with E-state index in [-0.39, 0.29) is 29.1 Å². The van der Waals surface area contributed by atoms with E-state index in [2.05, 4.69) is 4.74 Å². The Kier molecular flexibility index (Phi) is 4.00. The number of aliphatic hydroxyl groups is 1. The molecule has 4 rings (SSSR count). The van der Waals surface area contributed by atoms with Crippen molar-refractivity contribution in [2.24, 2.45) is 7.05 Å². The summed E-state index contributed by atoms with van der Waals surface area (Å²) in [6.45, 7) is 1.23. The number of rotatable bonds is 3. The van der Waals surface area contributed by atoms with E-state index < -0.39 is 23.9 Å². The number of hydrogen-bond donors (Lipinski definition) is 1. The molecule has 1 unspecified atom stereocenters. The van der Waals surface area contributed by atoms with E-state index >= 15 is 0 Å². The van der Waals surface area contributed by atoms with Crippen LogP contribution in [0.3, 0.4) is 0 Å². The number of alkyl halides is 2. The number of aryl methyl sites for hydroxylation is 1. The number of benzene rings is 2. The van der Waals surface area contributed by atoms with Gasteiger partial charge in [-0.3, -0.25) is 14.3 Å². The molecule has 1 N–H and O–H groups in total. The highest BCUT2D eigenvalue weighted by atomic mass is 19.3. The molecule has 0 saturated heterocycles. The summed E-state index contributed by atoms with van der Waals surface area (Å²) in [4.78, 5) is 24.9. The lowest BCUT2D eigenvalue weighted by Crippen LogP contribution is -2.50. The predicted octanol–water partition coefficient (Wildman–Crippen LogP) is 2.70. The number of oxazole rings is 1. The monoisotopic (exact) mass is 390 g/mol. The predicted molar refractivity (Wildman–Crippen MR) is 95.3 cm³/mol. The lowest BCUT2D eigenvalue weighted by atomic mass is 10.1. The maximum atomic E-state index is 14.2. The number of aromatic nitrogens is 1. The zero-order valence-electron chi connectivity index (χ0n) is 15.0. The van der Waals surface area contributed by atoms with Crippen LogP contribution in [0.15, 0.2) is 45.6 Å². The maximum Gasteiger partial charge on any atom is 0.483 e. The maximum absolute atomic E-state index is 14.2. The molecule has 146 valence electrons. The van der Waals surface area contributed by atoms with Gasteiger partial charge in [-0.25, -0.2) is 4.79 Å². The summed E-state index contributed by atoms with van der Waals surface area (Å²) in [6, 6.07) is 9.24. The molecule has 0 aliphatic carbocycles. The van der Waals surface area contributed by atoms with Crippen LogP contribution in [0.4, 0.5) is 14.5 Å². The first kappa shape index (κ1) is 18.2. The molecule has 1 aliphatic heterocycles. The molecule has 1 aliphatic rings. The van der Waals surface area contributed by atoms with Crippen LogP contribution in [0, 0.1) is 0 Å². The van der Waals surface area contributed by atoms with E-state index in [4.69, 9.17) is 4.42 Å². The van der Waals surface area contributed by atoms with Crippen molar-refractivity contribution in [3.8, 4) is 5.75 Å². The Balaban J connectivity index is 1.80. The third kappa shape index (κ3) is 2.75. The summed E-state index contributed by atoms with van der Waals surface area (Å²) in [7, 11) is 1.55. The van der Waals surface area contributed by atoms with Crippen molar-refractivity contribution in [1.82, 2.24) is 4.57 Å². The van der Waals surface area contributed by atoms with E-state index in [1.807, 2.05) is 0 Å². The van der Waals surface area contributed by atoms with Crippen LogP contribution in [0.2, 0.25) is 0 Å². The number of nitrogens with zero attached hydrogens (tertiary/aromatic N) is 2. The fraction of sp³-hybridized carbons (Fsp3) is 0.263. The smallest absolute Gasteiger partial charge is 0.423 e. The highest BCUT2D eigenvalue weighted by Crippen LogP contribution is 2.44. The van der Waals surface area contributed by atoms with Crippen molar-refractivity contribution in [2.75, 3.05) is 4.90 Å². The molecule has 2 heterocycles. The molecule has 0 saturated carbocycles. The third-order valence-electron chi connectivity index (χ3n) is 4.69. The minimum atomic E-state index is -4.07. The lowest BCUT2D eigenvalue weighted by molar-refractivity contribution is -0.193. The molecule has 1 aromatic heterocycles. The van der Waals surface area contributed by atoms with Gasteiger partial charge in [-0.1, -0.05) is 18.2 Å². The number of anilines is 1. The number of para-hydroxylation sites is 1. The number of carbonyl (C=O) groups is 1. The van der Waals surface area contributed by atoms with Gasteiger partial charge < -0.3 is 14.3 Å². The van der Waals surface area contributed by atoms with Crippen molar-refractivity contribution in [3.05, 3.63) is 58.1 Å². The second kappa shape index (κ2) is 6.16. The molecule has 0 radical (unpaired) electrons. The first-order valence-electron chi connectivity index (χ1n) is 8.47. The second-order valence-corrected chi connectivity index (χ2v) is 6.61. The number of ether oxygens (including phenoxy) is 1. The summed E-state index contributed by atoms with van der Waals surface area (Å²) in [5, 5.41) is 9.87. The molecule has 7 nitrogen and oxygen atoms in total. The zero-order chi connectivity index (χ0) is 20.2. The molecule has 0 fully saturated rings. The van der Waals surface area contributed by atoms with E-state index in [0.29, 0.717) is 11.1 Å². The minimum absolute atomic E-state index is 0.129. The first-order chi connectivity index (χ1) is 13.2. The van der Waals surface area contributed by atoms with Crippen LogP contribution in [0.1, 0.15) is 24.2 Å². The van der Waals surface area contributed by atoms with Gasteiger partial charge >= 0.3 is 17.8 Å². The number of carbonyl (C=O) groups excluding carboxylic acids is 1. The molecular weight excluding hydrogens is 374 g/mol. The normalized spacial score (nSPS) is 16.8. The molecule has 2 aromatic carbocycles. The van der Waals surface area contributed by atoms with Crippen molar-refractivity contribution in [3.63, 3.8) is 0 Å². The number of amides is 1. The Hall–Kier alpha value is -3.20. The number of hydrogen-bond acceptors (Lipinski definition) is 5. The zero-order valence-corrected chi connectivity index (χ0v) is 15.0. The Bertz CT molecular complexity index is 1150. The van der Waals surface area contributed by atoms with Crippen LogP contribution < -0.4 is 15.4 Å². The van der Waals surface area contributed by atoms with E-state index in [9.17, 15) is 23.5 Å². The quantitative estimate of drug-likeness (QED) is 0.743. The van der Waals surface area contributed by atoms with Crippen LogP contribution in [0.25, 0.3) is 11.1 Å². The Morgan fingerprint density at radius 1 is 1.21 bits per heavy atom. The topological polar surface area (TPSA) is 84.9 Å². The van der Waals surface area contributed by atoms with E-state index in [0.717, 1.165) is 4.90 Å². The standard InChI is InChI=1S/C19H16F2N2O5/c1-10(24)12-4-3-5-14-16(12)28-19(20,21)17(25)23(14)9-11-6-7-13-15(8-11)27-18(26)22(13)2/h3-8,10,24H,9H2,1-2H3. The summed E-state index contributed by atoms with van der Waals surface area (Å²) < 4.78 is 39.5. The summed E-state index contributed by atoms with van der Waals surface area (Å²) in [6.07, 6.45) is -5.13. The molecule has 9 heteroatoms. The highest BCUT2D eigenvalue weighted by Gasteiger charge is 2.51. The fourth-order valence-corrected chi connectivity index (χ4v) is 3.25. The van der Waals surface area contributed by atoms with Gasteiger partial charge in [0.25, 0.3) is 0 Å². The second-order valence-electron chi connectivity index (χ2n) is 6.61. The van der Waals surface area contributed by atoms with E-state index in [1.54, 1.807) is 25.2 Å². The van der Waals surface area contributed by atoms with Crippen LogP contribution in [-0.4, -0.2) is 21.7 Å². The van der Waals surface area contributed by atoms with Crippen molar-refractivity contribution < 1.29 is 27.8 Å². The lowest BCUT2D eigenvalue weighted by Gasteiger charge is -2.35. The van der Waals surface area contributed by atoms with Crippen molar-refractivity contribution in [1.29, 1.82) is 0 Å². The first-order valence-corrected chi connectivity index (χ1v) is 8.47. The van der Waals surface area contributed by atoms with Gasteiger partial charge in [-0.15, -0.1) is 0 Å². The van der Waals surface area contributed by atoms with Crippen LogP contribution in [-0.2, 0) is 18.4 Å². The van der Waals surface area contributed by atoms with E-state index in [1.165, 1.54) is 29.7 Å². The SMILES string of the molecule is CC(O)c1cccc2c1OC(F)(F)C(=O)N2Cc1ccc2c(c1)oc(=O)n2C. The molecule has 1 atom stereocenters. The molecule has 0 spiro atoms. The molecule has 1 amide bonds. The Morgan fingerprint density at radius 3 is 2.68 bits per heavy atom. The third-order valence-corrected chi connectivity index (χ3v) is 4.69. The van der Waals surface area contributed by atoms with Gasteiger partial charge in [-0.2, -0.15) is 8.78 Å². The fourth-order valence-electron chi connectivity index (χ4n) is 3.25. The van der Waals surface area contributed by atoms with Crippen molar-refractivity contribution >= 4 is 22.7 Å².